The van der Waals surface area contributed by atoms with Crippen molar-refractivity contribution in [1.29, 1.82) is 0 Å². The molecule has 0 radical (unpaired) electrons. The molecule has 3 fully saturated rings. The van der Waals surface area contributed by atoms with Crippen LogP contribution >= 0.6 is 0 Å². The molecule has 3 aliphatic heterocycles. The molecule has 2 bridgehead atoms. The van der Waals surface area contributed by atoms with Crippen LogP contribution in [0.4, 0.5) is 17.6 Å². The van der Waals surface area contributed by atoms with Gasteiger partial charge in [-0.25, -0.2) is 4.39 Å². The molecule has 2 atom stereocenters. The fourth-order valence-electron chi connectivity index (χ4n) is 4.09. The topological polar surface area (TPSA) is 19.4 Å². The molecule has 0 spiro atoms. The molecule has 3 nitrogen and oxygen atoms in total. The first-order valence-corrected chi connectivity index (χ1v) is 8.63. The van der Waals surface area contributed by atoms with Crippen molar-refractivity contribution in [3.8, 4) is 0 Å². The van der Waals surface area contributed by atoms with Gasteiger partial charge < -0.3 is 0 Å². The number of halogens is 4. The Morgan fingerprint density at radius 3 is 2.46 bits per heavy atom. The number of piperidine rings is 1. The number of hydrogen-bond donors (Lipinski definition) is 0. The predicted molar refractivity (Wildman–Crippen MR) is 88.7 cm³/mol. The lowest BCUT2D eigenvalue weighted by molar-refractivity contribution is -0.139. The molecule has 2 aromatic rings. The zero-order valence-corrected chi connectivity index (χ0v) is 14.1. The number of fused-ring (bicyclic) bond motifs is 2. The lowest BCUT2D eigenvalue weighted by atomic mass is 9.86. The van der Waals surface area contributed by atoms with Gasteiger partial charge in [0.25, 0.3) is 0 Å². The van der Waals surface area contributed by atoms with Gasteiger partial charge in [-0.3, -0.25) is 14.8 Å². The van der Waals surface area contributed by atoms with Crippen molar-refractivity contribution >= 4 is 0 Å². The summed E-state index contributed by atoms with van der Waals surface area (Å²) in [5.74, 6) is -0.352. The molecular weight excluding hydrogens is 346 g/mol. The maximum atomic E-state index is 13.3. The first-order valence-electron chi connectivity index (χ1n) is 8.63. The van der Waals surface area contributed by atoms with Crippen LogP contribution in [0.15, 0.2) is 42.7 Å². The molecule has 2 unspecified atom stereocenters. The third-order valence-corrected chi connectivity index (χ3v) is 5.26. The van der Waals surface area contributed by atoms with E-state index in [1.807, 2.05) is 0 Å². The third-order valence-electron chi connectivity index (χ3n) is 5.26. The largest absolute Gasteiger partial charge is 0.416 e. The summed E-state index contributed by atoms with van der Waals surface area (Å²) in [7, 11) is 0. The summed E-state index contributed by atoms with van der Waals surface area (Å²) in [6, 6.07) is 7.76. The Balaban J connectivity index is 1.41. The Hall–Kier alpha value is -1.99. The van der Waals surface area contributed by atoms with Gasteiger partial charge >= 0.3 is 6.18 Å². The minimum absolute atomic E-state index is 0.247. The Bertz CT molecular complexity index is 780. The fourth-order valence-corrected chi connectivity index (χ4v) is 4.09. The van der Waals surface area contributed by atoms with Crippen LogP contribution in [0, 0.1) is 5.82 Å². The van der Waals surface area contributed by atoms with E-state index in [1.54, 1.807) is 18.3 Å². The summed E-state index contributed by atoms with van der Waals surface area (Å²) in [4.78, 5) is 8.25. The SMILES string of the molecule is Fc1cncc(CN2CC3CC(C2)N3Cc2ccccc2C(F)(F)F)c1. The maximum absolute atomic E-state index is 13.3. The first-order chi connectivity index (χ1) is 12.4. The van der Waals surface area contributed by atoms with Gasteiger partial charge in [-0.1, -0.05) is 18.2 Å². The van der Waals surface area contributed by atoms with E-state index in [2.05, 4.69) is 14.8 Å². The highest BCUT2D eigenvalue weighted by atomic mass is 19.4. The Labute approximate surface area is 149 Å². The summed E-state index contributed by atoms with van der Waals surface area (Å²) < 4.78 is 52.8. The lowest BCUT2D eigenvalue weighted by Gasteiger charge is -2.56. The highest BCUT2D eigenvalue weighted by Gasteiger charge is 2.45. The van der Waals surface area contributed by atoms with Gasteiger partial charge in [-0.2, -0.15) is 13.2 Å². The molecule has 4 heterocycles. The standard InChI is InChI=1S/C19H19F4N3/c20-15-5-13(7-24-8-15)9-25-11-16-6-17(12-25)26(16)10-14-3-1-2-4-18(14)19(21,22)23/h1-5,7-8,16-17H,6,9-12H2. The molecule has 5 rings (SSSR count). The summed E-state index contributed by atoms with van der Waals surface area (Å²) in [5, 5.41) is 0. The van der Waals surface area contributed by atoms with Crippen LogP contribution in [-0.2, 0) is 19.3 Å². The molecule has 1 aromatic carbocycles. The van der Waals surface area contributed by atoms with Crippen molar-refractivity contribution in [2.24, 2.45) is 0 Å². The van der Waals surface area contributed by atoms with Gasteiger partial charge in [0.2, 0.25) is 0 Å². The molecule has 138 valence electrons. The van der Waals surface area contributed by atoms with E-state index in [0.717, 1.165) is 31.1 Å². The molecule has 3 aliphatic rings. The van der Waals surface area contributed by atoms with Crippen LogP contribution in [0.25, 0.3) is 0 Å². The molecule has 0 N–H and O–H groups in total. The average Bonchev–Trinajstić information content (AvgIpc) is 2.59. The molecule has 7 heteroatoms. The van der Waals surface area contributed by atoms with Crippen molar-refractivity contribution in [2.75, 3.05) is 13.1 Å². The average molecular weight is 365 g/mol. The van der Waals surface area contributed by atoms with E-state index in [-0.39, 0.29) is 17.9 Å². The van der Waals surface area contributed by atoms with E-state index >= 15 is 0 Å². The van der Waals surface area contributed by atoms with Crippen LogP contribution in [0.3, 0.4) is 0 Å². The number of aromatic nitrogens is 1. The number of nitrogens with zero attached hydrogens (tertiary/aromatic N) is 3. The molecule has 1 aromatic heterocycles. The fraction of sp³-hybridized carbons (Fsp3) is 0.421. The van der Waals surface area contributed by atoms with E-state index in [1.165, 1.54) is 18.3 Å². The lowest BCUT2D eigenvalue weighted by Crippen LogP contribution is -2.67. The minimum atomic E-state index is -4.33. The molecule has 0 aliphatic carbocycles. The molecule has 3 saturated heterocycles. The van der Waals surface area contributed by atoms with Crippen LogP contribution in [0.1, 0.15) is 23.1 Å². The molecule has 0 saturated carbocycles. The summed E-state index contributed by atoms with van der Waals surface area (Å²) in [5.41, 5.74) is 0.602. The Morgan fingerprint density at radius 1 is 1.04 bits per heavy atom. The monoisotopic (exact) mass is 365 g/mol. The van der Waals surface area contributed by atoms with Gasteiger partial charge in [-0.15, -0.1) is 0 Å². The quantitative estimate of drug-likeness (QED) is 0.771. The summed E-state index contributed by atoms with van der Waals surface area (Å²) in [6.45, 7) is 2.49. The Kier molecular flexibility index (Phi) is 4.44. The van der Waals surface area contributed by atoms with Gasteiger partial charge in [0, 0.05) is 44.5 Å². The number of rotatable bonds is 4. The van der Waals surface area contributed by atoms with Crippen molar-refractivity contribution in [2.45, 2.75) is 37.8 Å². The highest BCUT2D eigenvalue weighted by Crippen LogP contribution is 2.37. The van der Waals surface area contributed by atoms with E-state index in [0.29, 0.717) is 18.7 Å². The van der Waals surface area contributed by atoms with Crippen LogP contribution in [-0.4, -0.2) is 40.0 Å². The number of alkyl halides is 3. The zero-order chi connectivity index (χ0) is 18.3. The van der Waals surface area contributed by atoms with Crippen molar-refractivity contribution in [1.82, 2.24) is 14.8 Å². The second-order valence-corrected chi connectivity index (χ2v) is 7.08. The van der Waals surface area contributed by atoms with Gasteiger partial charge in [-0.05, 0) is 29.7 Å². The minimum Gasteiger partial charge on any atom is -0.296 e. The van der Waals surface area contributed by atoms with Crippen molar-refractivity contribution < 1.29 is 17.6 Å². The van der Waals surface area contributed by atoms with E-state index in [4.69, 9.17) is 0 Å². The number of benzene rings is 1. The predicted octanol–water partition coefficient (Wildman–Crippen LogP) is 3.70. The van der Waals surface area contributed by atoms with Crippen molar-refractivity contribution in [3.63, 3.8) is 0 Å². The van der Waals surface area contributed by atoms with E-state index < -0.39 is 11.7 Å². The van der Waals surface area contributed by atoms with Gasteiger partial charge in [0.1, 0.15) is 5.82 Å². The third kappa shape index (κ3) is 3.46. The van der Waals surface area contributed by atoms with Crippen molar-refractivity contribution in [3.05, 3.63) is 65.2 Å². The maximum Gasteiger partial charge on any atom is 0.416 e. The van der Waals surface area contributed by atoms with Crippen LogP contribution < -0.4 is 0 Å². The number of piperazine rings is 1. The second kappa shape index (κ2) is 6.63. The summed E-state index contributed by atoms with van der Waals surface area (Å²) in [6.07, 6.45) is -0.489. The normalized spacial score (nSPS) is 23.7. The van der Waals surface area contributed by atoms with E-state index in [9.17, 15) is 17.6 Å². The highest BCUT2D eigenvalue weighted by molar-refractivity contribution is 5.30. The van der Waals surface area contributed by atoms with Gasteiger partial charge in [0.05, 0.1) is 11.8 Å². The number of pyridine rings is 1. The smallest absolute Gasteiger partial charge is 0.296 e. The second-order valence-electron chi connectivity index (χ2n) is 7.08. The Morgan fingerprint density at radius 2 is 1.77 bits per heavy atom. The van der Waals surface area contributed by atoms with Crippen LogP contribution in [0.2, 0.25) is 0 Å². The first kappa shape index (κ1) is 17.4. The molecule has 26 heavy (non-hydrogen) atoms. The zero-order valence-electron chi connectivity index (χ0n) is 14.1. The number of hydrogen-bond acceptors (Lipinski definition) is 3. The molecular formula is C19H19F4N3. The van der Waals surface area contributed by atoms with Gasteiger partial charge in [0.15, 0.2) is 0 Å². The molecule has 0 amide bonds. The van der Waals surface area contributed by atoms with Crippen LogP contribution in [0.5, 0.6) is 0 Å². The summed E-state index contributed by atoms with van der Waals surface area (Å²) >= 11 is 0.